The number of phenols is 1. The second-order valence-electron chi connectivity index (χ2n) is 11.7. The van der Waals surface area contributed by atoms with Crippen molar-refractivity contribution in [2.75, 3.05) is 9.80 Å². The first-order valence-corrected chi connectivity index (χ1v) is 14.9. The van der Waals surface area contributed by atoms with Crippen molar-refractivity contribution in [2.45, 2.75) is 28.5 Å². The van der Waals surface area contributed by atoms with Gasteiger partial charge in [0, 0.05) is 23.6 Å². The van der Waals surface area contributed by atoms with E-state index >= 15 is 0 Å². The highest BCUT2D eigenvalue weighted by molar-refractivity contribution is 6.58. The first-order valence-electron chi connectivity index (χ1n) is 14.1. The van der Waals surface area contributed by atoms with Crippen LogP contribution in [0.15, 0.2) is 78.4 Å². The van der Waals surface area contributed by atoms with E-state index in [1.165, 1.54) is 42.5 Å². The number of allylic oxidation sites excluding steroid dienone is 2. The van der Waals surface area contributed by atoms with E-state index in [2.05, 4.69) is 0 Å². The molecule has 3 aromatic rings. The number of alkyl halides is 2. The van der Waals surface area contributed by atoms with Crippen molar-refractivity contribution in [3.05, 3.63) is 106 Å². The van der Waals surface area contributed by atoms with Gasteiger partial charge in [-0.3, -0.25) is 29.3 Å². The average Bonchev–Trinajstić information content (AvgIpc) is 3.37. The van der Waals surface area contributed by atoms with Crippen LogP contribution in [-0.4, -0.2) is 43.4 Å². The molecule has 234 valence electrons. The van der Waals surface area contributed by atoms with Gasteiger partial charge in [-0.15, -0.1) is 23.2 Å². The minimum absolute atomic E-state index is 0.0165. The summed E-state index contributed by atoms with van der Waals surface area (Å²) in [5.41, 5.74) is -0.251. The maximum atomic E-state index is 14.8. The number of para-hydroxylation sites is 1. The van der Waals surface area contributed by atoms with E-state index in [9.17, 15) is 43.2 Å². The first kappa shape index (κ1) is 30.0. The number of nitrogens with zero attached hydrogens (tertiary/aromatic N) is 3. The van der Waals surface area contributed by atoms with Gasteiger partial charge in [0.15, 0.2) is 21.3 Å². The standard InChI is InChI=1S/C32H21Cl2F2N3O7/c33-31-14-22-19(11-12-20-24(22)28(42)37(27(20)41)17-3-1-4-18(13-17)39(45)46)25(21-5-2-6-23(36)26(21)40)32(31,34)30(44)38(29(31)43)16-9-7-15(35)8-10-16/h1-11,13,20,22,24-25,40H,12,14H2. The van der Waals surface area contributed by atoms with E-state index in [0.29, 0.717) is 5.57 Å². The predicted molar refractivity (Wildman–Crippen MR) is 160 cm³/mol. The molecule has 6 unspecified atom stereocenters. The fraction of sp³-hybridized carbons (Fsp3) is 0.250. The fourth-order valence-electron chi connectivity index (χ4n) is 7.51. The topological polar surface area (TPSA) is 138 Å². The summed E-state index contributed by atoms with van der Waals surface area (Å²) < 4.78 is 28.6. The maximum absolute atomic E-state index is 14.8. The Bertz CT molecular complexity index is 1940. The lowest BCUT2D eigenvalue weighted by atomic mass is 9.56. The van der Waals surface area contributed by atoms with Gasteiger partial charge >= 0.3 is 0 Å². The van der Waals surface area contributed by atoms with E-state index in [1.807, 2.05) is 0 Å². The van der Waals surface area contributed by atoms with Gasteiger partial charge in [-0.25, -0.2) is 18.6 Å². The minimum Gasteiger partial charge on any atom is -0.505 e. The molecule has 3 aromatic carbocycles. The second kappa shape index (κ2) is 10.2. The molecule has 0 spiro atoms. The summed E-state index contributed by atoms with van der Waals surface area (Å²) in [7, 11) is 0. The number of hydrogen-bond acceptors (Lipinski definition) is 7. The molecule has 2 heterocycles. The number of nitro benzene ring substituents is 1. The highest BCUT2D eigenvalue weighted by Gasteiger charge is 2.77. The second-order valence-corrected chi connectivity index (χ2v) is 13.0. The average molecular weight is 668 g/mol. The van der Waals surface area contributed by atoms with Crippen molar-refractivity contribution >= 4 is 63.9 Å². The zero-order valence-electron chi connectivity index (χ0n) is 23.4. The first-order chi connectivity index (χ1) is 21.8. The molecule has 3 fully saturated rings. The van der Waals surface area contributed by atoms with Crippen LogP contribution in [0, 0.1) is 39.5 Å². The Morgan fingerprint density at radius 1 is 0.870 bits per heavy atom. The van der Waals surface area contributed by atoms with E-state index in [-0.39, 0.29) is 29.0 Å². The molecule has 4 amide bonds. The number of nitro groups is 1. The monoisotopic (exact) mass is 667 g/mol. The molecule has 0 aromatic heterocycles. The number of hydrogen-bond donors (Lipinski definition) is 1. The number of phenolic OH excluding ortho intramolecular Hbond substituents is 1. The summed E-state index contributed by atoms with van der Waals surface area (Å²) in [6, 6.07) is 13.1. The van der Waals surface area contributed by atoms with Crippen molar-refractivity contribution in [1.29, 1.82) is 0 Å². The number of fused-ring (bicyclic) bond motifs is 4. The number of imide groups is 2. The summed E-state index contributed by atoms with van der Waals surface area (Å²) in [6.45, 7) is 0. The van der Waals surface area contributed by atoms with Crippen LogP contribution in [0.1, 0.15) is 24.3 Å². The van der Waals surface area contributed by atoms with Gasteiger partial charge in [0.05, 0.1) is 28.1 Å². The van der Waals surface area contributed by atoms with Crippen molar-refractivity contribution in [2.24, 2.45) is 17.8 Å². The number of benzene rings is 3. The third-order valence-electron chi connectivity index (χ3n) is 9.52. The number of carbonyl (C=O) groups excluding carboxylic acids is 4. The Balaban J connectivity index is 1.40. The molecule has 2 saturated heterocycles. The van der Waals surface area contributed by atoms with Crippen LogP contribution in [0.5, 0.6) is 5.75 Å². The highest BCUT2D eigenvalue weighted by Crippen LogP contribution is 2.66. The van der Waals surface area contributed by atoms with Crippen LogP contribution in [0.25, 0.3) is 0 Å². The molecule has 46 heavy (non-hydrogen) atoms. The van der Waals surface area contributed by atoms with Crippen LogP contribution in [0.4, 0.5) is 25.8 Å². The van der Waals surface area contributed by atoms with E-state index < -0.39 is 85.8 Å². The molecule has 2 aliphatic carbocycles. The number of non-ortho nitro benzene ring substituents is 1. The maximum Gasteiger partial charge on any atom is 0.271 e. The molecule has 6 atom stereocenters. The third-order valence-corrected chi connectivity index (χ3v) is 10.9. The van der Waals surface area contributed by atoms with Crippen molar-refractivity contribution in [1.82, 2.24) is 0 Å². The quantitative estimate of drug-likeness (QED) is 0.130. The Kier molecular flexibility index (Phi) is 6.63. The lowest BCUT2D eigenvalue weighted by Gasteiger charge is -2.50. The molecule has 7 rings (SSSR count). The van der Waals surface area contributed by atoms with Gasteiger partial charge in [0.2, 0.25) is 11.8 Å². The molecular formula is C32H21Cl2F2N3O7. The van der Waals surface area contributed by atoms with Crippen molar-refractivity contribution in [3.8, 4) is 5.75 Å². The number of halogens is 4. The van der Waals surface area contributed by atoms with E-state index in [1.54, 1.807) is 6.08 Å². The summed E-state index contributed by atoms with van der Waals surface area (Å²) in [6.07, 6.45) is 1.18. The summed E-state index contributed by atoms with van der Waals surface area (Å²) in [5.74, 6) is -10.3. The lowest BCUT2D eigenvalue weighted by Crippen LogP contribution is -2.60. The van der Waals surface area contributed by atoms with E-state index in [0.717, 1.165) is 34.1 Å². The smallest absolute Gasteiger partial charge is 0.271 e. The van der Waals surface area contributed by atoms with Crippen LogP contribution in [-0.2, 0) is 19.2 Å². The predicted octanol–water partition coefficient (Wildman–Crippen LogP) is 5.35. The third kappa shape index (κ3) is 3.86. The Hall–Kier alpha value is -4.68. The van der Waals surface area contributed by atoms with Gasteiger partial charge in [0.1, 0.15) is 5.82 Å². The Labute approximate surface area is 268 Å². The van der Waals surface area contributed by atoms with Crippen molar-refractivity contribution in [3.63, 3.8) is 0 Å². The molecule has 0 radical (unpaired) electrons. The highest BCUT2D eigenvalue weighted by atomic mass is 35.5. The van der Waals surface area contributed by atoms with Gasteiger partial charge in [-0.05, 0) is 55.2 Å². The van der Waals surface area contributed by atoms with Crippen LogP contribution in [0.3, 0.4) is 0 Å². The number of anilines is 2. The SMILES string of the molecule is O=C1C2CC=C3C(CC4(Cl)C(=O)N(c5ccc(F)cc5)C(=O)C4(Cl)C3c3cccc(F)c3O)C2C(=O)N1c1cccc([N+](=O)[O-])c1. The van der Waals surface area contributed by atoms with Crippen LogP contribution in [0.2, 0.25) is 0 Å². The zero-order valence-corrected chi connectivity index (χ0v) is 24.9. The Morgan fingerprint density at radius 2 is 1.57 bits per heavy atom. The molecule has 1 N–H and O–H groups in total. The normalized spacial score (nSPS) is 30.2. The number of rotatable bonds is 4. The van der Waals surface area contributed by atoms with Gasteiger partial charge < -0.3 is 5.11 Å². The Morgan fingerprint density at radius 3 is 2.26 bits per heavy atom. The zero-order chi connectivity index (χ0) is 32.9. The summed E-state index contributed by atoms with van der Waals surface area (Å²) in [4.78, 5) is 64.0. The molecule has 14 heteroatoms. The van der Waals surface area contributed by atoms with Crippen LogP contribution >= 0.6 is 23.2 Å². The van der Waals surface area contributed by atoms with E-state index in [4.69, 9.17) is 23.2 Å². The number of aromatic hydroxyl groups is 1. The number of carbonyl (C=O) groups is 4. The fourth-order valence-corrected chi connectivity index (χ4v) is 8.44. The molecule has 1 saturated carbocycles. The molecule has 0 bridgehead atoms. The van der Waals surface area contributed by atoms with Gasteiger partial charge in [-0.1, -0.05) is 29.8 Å². The molecule has 2 aliphatic heterocycles. The molecular weight excluding hydrogens is 647 g/mol. The summed E-state index contributed by atoms with van der Waals surface area (Å²) in [5, 5.41) is 22.3. The van der Waals surface area contributed by atoms with Gasteiger partial charge in [0.25, 0.3) is 17.5 Å². The summed E-state index contributed by atoms with van der Waals surface area (Å²) >= 11 is 14.4. The number of amides is 4. The molecule has 10 nitrogen and oxygen atoms in total. The molecule has 4 aliphatic rings. The minimum atomic E-state index is -2.36. The van der Waals surface area contributed by atoms with Crippen molar-refractivity contribution < 1.29 is 38.0 Å². The van der Waals surface area contributed by atoms with Crippen LogP contribution < -0.4 is 9.80 Å². The largest absolute Gasteiger partial charge is 0.505 e. The lowest BCUT2D eigenvalue weighted by molar-refractivity contribution is -0.384. The van der Waals surface area contributed by atoms with Gasteiger partial charge in [-0.2, -0.15) is 0 Å².